The third-order valence-corrected chi connectivity index (χ3v) is 3.83. The van der Waals surface area contributed by atoms with Crippen LogP contribution in [0.1, 0.15) is 27.0 Å². The topological polar surface area (TPSA) is 26.3 Å². The standard InChI is InChI=1S/C17H14BrF3O2/c1-10-7-14(8-11(2)16(10)15(22)9-18)23-13-5-3-12(4-6-13)17(19,20)21/h3-8H,9H2,1-2H3. The van der Waals surface area contributed by atoms with Gasteiger partial charge < -0.3 is 4.74 Å². The van der Waals surface area contributed by atoms with Gasteiger partial charge in [-0.15, -0.1) is 0 Å². The van der Waals surface area contributed by atoms with E-state index in [1.54, 1.807) is 26.0 Å². The fourth-order valence-electron chi connectivity index (χ4n) is 2.34. The van der Waals surface area contributed by atoms with Crippen molar-refractivity contribution in [1.82, 2.24) is 0 Å². The number of ether oxygens (including phenoxy) is 1. The van der Waals surface area contributed by atoms with Gasteiger partial charge in [0.2, 0.25) is 0 Å². The largest absolute Gasteiger partial charge is 0.457 e. The van der Waals surface area contributed by atoms with Crippen LogP contribution < -0.4 is 4.74 Å². The lowest BCUT2D eigenvalue weighted by atomic mass is 9.99. The van der Waals surface area contributed by atoms with Gasteiger partial charge in [-0.2, -0.15) is 13.2 Å². The van der Waals surface area contributed by atoms with E-state index in [0.29, 0.717) is 17.1 Å². The maximum atomic E-state index is 12.5. The highest BCUT2D eigenvalue weighted by atomic mass is 79.9. The van der Waals surface area contributed by atoms with Crippen LogP contribution in [-0.4, -0.2) is 11.1 Å². The number of hydrogen-bond donors (Lipinski definition) is 0. The zero-order valence-corrected chi connectivity index (χ0v) is 14.1. The Morgan fingerprint density at radius 3 is 2.00 bits per heavy atom. The Labute approximate surface area is 140 Å². The second-order valence-electron chi connectivity index (χ2n) is 5.11. The molecule has 0 aliphatic rings. The van der Waals surface area contributed by atoms with Crippen molar-refractivity contribution in [2.75, 3.05) is 5.33 Å². The molecule has 2 nitrogen and oxygen atoms in total. The molecule has 2 rings (SSSR count). The molecular weight excluding hydrogens is 373 g/mol. The molecule has 0 N–H and O–H groups in total. The number of rotatable bonds is 4. The maximum Gasteiger partial charge on any atom is 0.416 e. The highest BCUT2D eigenvalue weighted by molar-refractivity contribution is 9.09. The monoisotopic (exact) mass is 386 g/mol. The third-order valence-electron chi connectivity index (χ3n) is 3.32. The number of benzene rings is 2. The quantitative estimate of drug-likeness (QED) is 0.498. The first-order valence-corrected chi connectivity index (χ1v) is 7.90. The lowest BCUT2D eigenvalue weighted by molar-refractivity contribution is -0.137. The minimum atomic E-state index is -4.37. The van der Waals surface area contributed by atoms with Crippen LogP contribution in [0.2, 0.25) is 0 Å². The lowest BCUT2D eigenvalue weighted by Gasteiger charge is -2.13. The van der Waals surface area contributed by atoms with Crippen LogP contribution in [0.4, 0.5) is 13.2 Å². The molecular formula is C17H14BrF3O2. The van der Waals surface area contributed by atoms with E-state index >= 15 is 0 Å². The Balaban J connectivity index is 2.26. The second kappa shape index (κ2) is 6.74. The van der Waals surface area contributed by atoms with Crippen LogP contribution >= 0.6 is 15.9 Å². The number of carbonyl (C=O) groups excluding carboxylic acids is 1. The molecule has 2 aromatic carbocycles. The predicted molar refractivity (Wildman–Crippen MR) is 85.6 cm³/mol. The van der Waals surface area contributed by atoms with Crippen LogP contribution in [-0.2, 0) is 6.18 Å². The SMILES string of the molecule is Cc1cc(Oc2ccc(C(F)(F)F)cc2)cc(C)c1C(=O)CBr. The highest BCUT2D eigenvalue weighted by Gasteiger charge is 2.30. The average Bonchev–Trinajstić information content (AvgIpc) is 2.45. The summed E-state index contributed by atoms with van der Waals surface area (Å²) < 4.78 is 43.2. The van der Waals surface area contributed by atoms with E-state index in [1.807, 2.05) is 0 Å². The minimum absolute atomic E-state index is 0.0268. The molecule has 23 heavy (non-hydrogen) atoms. The van der Waals surface area contributed by atoms with Crippen molar-refractivity contribution in [2.45, 2.75) is 20.0 Å². The molecule has 0 radical (unpaired) electrons. The molecule has 2 aromatic rings. The molecule has 0 saturated carbocycles. The maximum absolute atomic E-state index is 12.5. The molecule has 0 unspecified atom stereocenters. The van der Waals surface area contributed by atoms with E-state index in [9.17, 15) is 18.0 Å². The molecule has 6 heteroatoms. The fourth-order valence-corrected chi connectivity index (χ4v) is 2.62. The Morgan fingerprint density at radius 2 is 1.57 bits per heavy atom. The molecule has 0 heterocycles. The molecule has 122 valence electrons. The van der Waals surface area contributed by atoms with E-state index in [4.69, 9.17) is 4.74 Å². The smallest absolute Gasteiger partial charge is 0.416 e. The van der Waals surface area contributed by atoms with E-state index < -0.39 is 11.7 Å². The molecule has 0 saturated heterocycles. The van der Waals surface area contributed by atoms with E-state index in [2.05, 4.69) is 15.9 Å². The number of carbonyl (C=O) groups is 1. The average molecular weight is 387 g/mol. The van der Waals surface area contributed by atoms with Crippen molar-refractivity contribution in [3.63, 3.8) is 0 Å². The number of hydrogen-bond acceptors (Lipinski definition) is 2. The zero-order valence-electron chi connectivity index (χ0n) is 12.5. The summed E-state index contributed by atoms with van der Waals surface area (Å²) in [5.41, 5.74) is 1.42. The summed E-state index contributed by atoms with van der Waals surface area (Å²) >= 11 is 3.14. The van der Waals surface area contributed by atoms with Crippen molar-refractivity contribution in [1.29, 1.82) is 0 Å². The van der Waals surface area contributed by atoms with E-state index in [0.717, 1.165) is 23.3 Å². The van der Waals surface area contributed by atoms with E-state index in [1.165, 1.54) is 12.1 Å². The normalized spacial score (nSPS) is 11.4. The summed E-state index contributed by atoms with van der Waals surface area (Å²) in [5.74, 6) is 0.753. The minimum Gasteiger partial charge on any atom is -0.457 e. The van der Waals surface area contributed by atoms with Crippen molar-refractivity contribution >= 4 is 21.7 Å². The van der Waals surface area contributed by atoms with Crippen molar-refractivity contribution in [2.24, 2.45) is 0 Å². The van der Waals surface area contributed by atoms with Crippen molar-refractivity contribution < 1.29 is 22.7 Å². The van der Waals surface area contributed by atoms with Gasteiger partial charge in [0, 0.05) is 5.56 Å². The van der Waals surface area contributed by atoms with E-state index in [-0.39, 0.29) is 11.1 Å². The van der Waals surface area contributed by atoms with Crippen LogP contribution in [0.3, 0.4) is 0 Å². The summed E-state index contributed by atoms with van der Waals surface area (Å²) in [6, 6.07) is 7.87. The Kier molecular flexibility index (Phi) is 5.14. The first kappa shape index (κ1) is 17.5. The number of ketones is 1. The van der Waals surface area contributed by atoms with Gasteiger partial charge in [-0.3, -0.25) is 4.79 Å². The summed E-state index contributed by atoms with van der Waals surface area (Å²) in [4.78, 5) is 11.9. The van der Waals surface area contributed by atoms with Crippen LogP contribution in [0.15, 0.2) is 36.4 Å². The molecule has 0 spiro atoms. The van der Waals surface area contributed by atoms with Crippen LogP contribution in [0.25, 0.3) is 0 Å². The number of halogens is 4. The van der Waals surface area contributed by atoms with Gasteiger partial charge in [0.15, 0.2) is 5.78 Å². The van der Waals surface area contributed by atoms with Crippen LogP contribution in [0.5, 0.6) is 11.5 Å². The van der Waals surface area contributed by atoms with Gasteiger partial charge in [-0.05, 0) is 61.4 Å². The molecule has 0 aliphatic carbocycles. The summed E-state index contributed by atoms with van der Waals surface area (Å²) in [6.07, 6.45) is -4.37. The summed E-state index contributed by atoms with van der Waals surface area (Å²) in [5, 5.41) is 0.230. The van der Waals surface area contributed by atoms with Crippen molar-refractivity contribution in [3.8, 4) is 11.5 Å². The van der Waals surface area contributed by atoms with Gasteiger partial charge in [-0.1, -0.05) is 15.9 Å². The predicted octanol–water partition coefficient (Wildman–Crippen LogP) is 5.69. The summed E-state index contributed by atoms with van der Waals surface area (Å²) in [6.45, 7) is 3.59. The molecule has 0 fully saturated rings. The summed E-state index contributed by atoms with van der Waals surface area (Å²) in [7, 11) is 0. The van der Waals surface area contributed by atoms with Crippen molar-refractivity contribution in [3.05, 3.63) is 58.7 Å². The van der Waals surface area contributed by atoms with Gasteiger partial charge in [0.25, 0.3) is 0 Å². The van der Waals surface area contributed by atoms with Gasteiger partial charge in [0.1, 0.15) is 11.5 Å². The van der Waals surface area contributed by atoms with Crippen LogP contribution in [0, 0.1) is 13.8 Å². The highest BCUT2D eigenvalue weighted by Crippen LogP contribution is 2.32. The second-order valence-corrected chi connectivity index (χ2v) is 5.67. The lowest BCUT2D eigenvalue weighted by Crippen LogP contribution is -2.06. The Bertz CT molecular complexity index is 699. The number of alkyl halides is 4. The Hall–Kier alpha value is -1.82. The fraction of sp³-hybridized carbons (Fsp3) is 0.235. The molecule has 0 amide bonds. The first-order valence-electron chi connectivity index (χ1n) is 6.78. The number of Topliss-reactive ketones (excluding diaryl/α,β-unsaturated/α-hetero) is 1. The zero-order chi connectivity index (χ0) is 17.2. The van der Waals surface area contributed by atoms with Gasteiger partial charge >= 0.3 is 6.18 Å². The Morgan fingerprint density at radius 1 is 1.04 bits per heavy atom. The molecule has 0 aliphatic heterocycles. The first-order chi connectivity index (χ1) is 10.7. The van der Waals surface area contributed by atoms with Gasteiger partial charge in [-0.25, -0.2) is 0 Å². The molecule has 0 bridgehead atoms. The molecule has 0 aromatic heterocycles. The van der Waals surface area contributed by atoms with Gasteiger partial charge in [0.05, 0.1) is 10.9 Å². The number of aryl methyl sites for hydroxylation is 2. The molecule has 0 atom stereocenters. The third kappa shape index (κ3) is 4.13.